The van der Waals surface area contributed by atoms with Gasteiger partial charge in [0.2, 0.25) is 0 Å². The maximum atomic E-state index is 5.64. The van der Waals surface area contributed by atoms with Crippen LogP contribution >= 0.6 is 0 Å². The van der Waals surface area contributed by atoms with Gasteiger partial charge in [0, 0.05) is 43.6 Å². The lowest BCUT2D eigenvalue weighted by atomic mass is 9.62. The zero-order chi connectivity index (χ0) is 20.4. The Hall–Kier alpha value is -2.28. The minimum atomic E-state index is 0.315. The summed E-state index contributed by atoms with van der Waals surface area (Å²) < 4.78 is 16.6. The molecule has 0 bridgehead atoms. The average molecular weight is 401 g/mol. The molecule has 1 spiro atoms. The molecule has 7 nitrogen and oxygen atoms in total. The summed E-state index contributed by atoms with van der Waals surface area (Å²) in [5.41, 5.74) is 1.43. The van der Waals surface area contributed by atoms with Crippen molar-refractivity contribution in [1.29, 1.82) is 0 Å². The lowest BCUT2D eigenvalue weighted by molar-refractivity contribution is 0.117. The Balaban J connectivity index is 1.56. The molecule has 2 aliphatic rings. The molecule has 2 fully saturated rings. The van der Waals surface area contributed by atoms with Crippen molar-refractivity contribution < 1.29 is 14.2 Å². The third-order valence-electron chi connectivity index (χ3n) is 6.60. The van der Waals surface area contributed by atoms with Gasteiger partial charge in [-0.15, -0.1) is 0 Å². The SMILES string of the molecule is CCCc1nc(C2CN(Cc3cc(OC)c(OC)cc3OC)CC23CCC3)n[nH]1. The monoisotopic (exact) mass is 400 g/mol. The lowest BCUT2D eigenvalue weighted by Crippen LogP contribution is -2.37. The predicted molar refractivity (Wildman–Crippen MR) is 111 cm³/mol. The van der Waals surface area contributed by atoms with Crippen LogP contribution in [0, 0.1) is 5.41 Å². The van der Waals surface area contributed by atoms with E-state index in [1.165, 1.54) is 19.3 Å². The first-order chi connectivity index (χ1) is 14.1. The standard InChI is InChI=1S/C22H32N4O3/c1-5-7-20-23-21(25-24-20)16-13-26(14-22(16)8-6-9-22)12-15-10-18(28-3)19(29-4)11-17(15)27-2/h10-11,16H,5-9,12-14H2,1-4H3,(H,23,24,25). The molecule has 7 heteroatoms. The van der Waals surface area contributed by atoms with Crippen molar-refractivity contribution in [2.75, 3.05) is 34.4 Å². The zero-order valence-electron chi connectivity index (χ0n) is 18.0. The van der Waals surface area contributed by atoms with Crippen molar-refractivity contribution in [1.82, 2.24) is 20.1 Å². The van der Waals surface area contributed by atoms with E-state index in [1.807, 2.05) is 12.1 Å². The van der Waals surface area contributed by atoms with Crippen LogP contribution in [0.3, 0.4) is 0 Å². The number of nitrogens with zero attached hydrogens (tertiary/aromatic N) is 3. The number of H-pyrrole nitrogens is 1. The van der Waals surface area contributed by atoms with E-state index >= 15 is 0 Å². The van der Waals surface area contributed by atoms with Gasteiger partial charge >= 0.3 is 0 Å². The fraction of sp³-hybridized carbons (Fsp3) is 0.636. The largest absolute Gasteiger partial charge is 0.496 e. The first-order valence-corrected chi connectivity index (χ1v) is 10.5. The predicted octanol–water partition coefficient (Wildman–Crippen LogP) is 3.55. The summed E-state index contributed by atoms with van der Waals surface area (Å²) in [4.78, 5) is 7.35. The molecule has 1 aromatic heterocycles. The van der Waals surface area contributed by atoms with E-state index in [0.29, 0.717) is 17.1 Å². The van der Waals surface area contributed by atoms with Gasteiger partial charge in [-0.1, -0.05) is 13.3 Å². The maximum absolute atomic E-state index is 5.64. The molecule has 1 saturated heterocycles. The number of hydrogen-bond donors (Lipinski definition) is 1. The summed E-state index contributed by atoms with van der Waals surface area (Å²) in [6.45, 7) is 5.03. The van der Waals surface area contributed by atoms with E-state index in [4.69, 9.17) is 19.2 Å². The van der Waals surface area contributed by atoms with Crippen LogP contribution in [0.1, 0.15) is 55.7 Å². The third kappa shape index (κ3) is 3.68. The quantitative estimate of drug-likeness (QED) is 0.731. The molecule has 4 rings (SSSR count). The van der Waals surface area contributed by atoms with Crippen molar-refractivity contribution >= 4 is 0 Å². The second kappa shape index (κ2) is 8.22. The van der Waals surface area contributed by atoms with Crippen molar-refractivity contribution in [3.8, 4) is 17.2 Å². The lowest BCUT2D eigenvalue weighted by Gasteiger charge is -2.42. The number of hydrogen-bond acceptors (Lipinski definition) is 6. The van der Waals surface area contributed by atoms with Crippen LogP contribution in [0.4, 0.5) is 0 Å². The van der Waals surface area contributed by atoms with Gasteiger partial charge in [0.05, 0.1) is 21.3 Å². The minimum Gasteiger partial charge on any atom is -0.496 e. The van der Waals surface area contributed by atoms with Gasteiger partial charge < -0.3 is 14.2 Å². The summed E-state index contributed by atoms with van der Waals surface area (Å²) in [5, 5.41) is 7.75. The average Bonchev–Trinajstić information content (AvgIpc) is 3.32. The van der Waals surface area contributed by atoms with Gasteiger partial charge in [0.1, 0.15) is 11.6 Å². The van der Waals surface area contributed by atoms with Gasteiger partial charge in [-0.05, 0) is 30.7 Å². The van der Waals surface area contributed by atoms with Crippen LogP contribution < -0.4 is 14.2 Å². The van der Waals surface area contributed by atoms with E-state index in [1.54, 1.807) is 21.3 Å². The number of aromatic nitrogens is 3. The number of nitrogens with one attached hydrogen (secondary N) is 1. The molecule has 0 amide bonds. The molecule has 2 aromatic rings. The number of aromatic amines is 1. The molecule has 2 heterocycles. The molecule has 1 aliphatic carbocycles. The fourth-order valence-electron chi connectivity index (χ4n) is 4.96. The van der Waals surface area contributed by atoms with E-state index in [9.17, 15) is 0 Å². The van der Waals surface area contributed by atoms with Gasteiger partial charge in [-0.2, -0.15) is 5.10 Å². The van der Waals surface area contributed by atoms with E-state index < -0.39 is 0 Å². The number of likely N-dealkylation sites (tertiary alicyclic amines) is 1. The highest BCUT2D eigenvalue weighted by Crippen LogP contribution is 2.55. The van der Waals surface area contributed by atoms with E-state index in [2.05, 4.69) is 22.0 Å². The second-order valence-electron chi connectivity index (χ2n) is 8.35. The summed E-state index contributed by atoms with van der Waals surface area (Å²) in [6, 6.07) is 3.94. The van der Waals surface area contributed by atoms with Gasteiger partial charge in [0.25, 0.3) is 0 Å². The third-order valence-corrected chi connectivity index (χ3v) is 6.60. The van der Waals surface area contributed by atoms with Gasteiger partial charge in [-0.25, -0.2) is 4.98 Å². The van der Waals surface area contributed by atoms with Crippen LogP contribution in [0.2, 0.25) is 0 Å². The first-order valence-electron chi connectivity index (χ1n) is 10.5. The van der Waals surface area contributed by atoms with Gasteiger partial charge in [-0.3, -0.25) is 10.00 Å². The molecule has 158 valence electrons. The molecule has 1 unspecified atom stereocenters. The Bertz CT molecular complexity index is 847. The molecule has 1 aromatic carbocycles. The van der Waals surface area contributed by atoms with E-state index in [0.717, 1.165) is 61.2 Å². The van der Waals surface area contributed by atoms with Crippen LogP contribution in [-0.4, -0.2) is 54.5 Å². The second-order valence-corrected chi connectivity index (χ2v) is 8.35. The van der Waals surface area contributed by atoms with Crippen LogP contribution in [-0.2, 0) is 13.0 Å². The Morgan fingerprint density at radius 3 is 2.45 bits per heavy atom. The summed E-state index contributed by atoms with van der Waals surface area (Å²) >= 11 is 0. The molecule has 1 aliphatic heterocycles. The fourth-order valence-corrected chi connectivity index (χ4v) is 4.96. The number of aryl methyl sites for hydroxylation is 1. The number of benzene rings is 1. The number of methoxy groups -OCH3 is 3. The van der Waals surface area contributed by atoms with Crippen molar-refractivity contribution in [2.45, 2.75) is 51.5 Å². The highest BCUT2D eigenvalue weighted by atomic mass is 16.5. The molecule has 29 heavy (non-hydrogen) atoms. The molecular formula is C22H32N4O3. The van der Waals surface area contributed by atoms with Gasteiger partial charge in [0.15, 0.2) is 17.3 Å². The Morgan fingerprint density at radius 2 is 1.83 bits per heavy atom. The minimum absolute atomic E-state index is 0.315. The molecular weight excluding hydrogens is 368 g/mol. The van der Waals surface area contributed by atoms with Crippen LogP contribution in [0.25, 0.3) is 0 Å². The van der Waals surface area contributed by atoms with Crippen molar-refractivity contribution in [3.63, 3.8) is 0 Å². The zero-order valence-corrected chi connectivity index (χ0v) is 18.0. The summed E-state index contributed by atoms with van der Waals surface area (Å²) in [7, 11) is 5.01. The summed E-state index contributed by atoms with van der Waals surface area (Å²) in [6.07, 6.45) is 5.86. The highest BCUT2D eigenvalue weighted by Gasteiger charge is 2.52. The number of rotatable bonds is 8. The normalized spacial score (nSPS) is 20.6. The van der Waals surface area contributed by atoms with Crippen molar-refractivity contribution in [2.24, 2.45) is 5.41 Å². The number of ether oxygens (including phenoxy) is 3. The Labute approximate surface area is 172 Å². The highest BCUT2D eigenvalue weighted by molar-refractivity contribution is 5.50. The van der Waals surface area contributed by atoms with Crippen molar-refractivity contribution in [3.05, 3.63) is 29.3 Å². The molecule has 1 N–H and O–H groups in total. The molecule has 1 atom stereocenters. The Kier molecular flexibility index (Phi) is 5.67. The summed E-state index contributed by atoms with van der Waals surface area (Å²) in [5.74, 6) is 4.65. The molecule has 1 saturated carbocycles. The topological polar surface area (TPSA) is 72.5 Å². The first kappa shape index (κ1) is 20.0. The van der Waals surface area contributed by atoms with Crippen LogP contribution in [0.15, 0.2) is 12.1 Å². The molecule has 0 radical (unpaired) electrons. The maximum Gasteiger partial charge on any atom is 0.164 e. The van der Waals surface area contributed by atoms with E-state index in [-0.39, 0.29) is 0 Å². The Morgan fingerprint density at radius 1 is 1.10 bits per heavy atom. The smallest absolute Gasteiger partial charge is 0.164 e. The van der Waals surface area contributed by atoms with Crippen LogP contribution in [0.5, 0.6) is 17.2 Å².